The monoisotopic (exact) mass is 383 g/mol. The Morgan fingerprint density at radius 2 is 2.29 bits per heavy atom. The molecule has 1 N–H and O–H groups in total. The van der Waals surface area contributed by atoms with Crippen molar-refractivity contribution in [3.05, 3.63) is 30.0 Å². The minimum atomic E-state index is 0.209. The third-order valence-corrected chi connectivity index (χ3v) is 3.42. The molecule has 1 aromatic heterocycles. The van der Waals surface area contributed by atoms with Crippen LogP contribution in [0.2, 0.25) is 0 Å². The van der Waals surface area contributed by atoms with Crippen molar-refractivity contribution in [1.29, 1.82) is 0 Å². The number of nitrogens with zero attached hydrogens (tertiary/aromatic N) is 2. The Hall–Kier alpha value is -0.428. The summed E-state index contributed by atoms with van der Waals surface area (Å²) in [5.41, 5.74) is 2.36. The number of aromatic nitrogens is 2. The fraction of sp³-hybridized carbons (Fsp3) is 0.300. The average Bonchev–Trinajstić information content (AvgIpc) is 2.60. The Morgan fingerprint density at radius 1 is 1.43 bits per heavy atom. The number of aliphatic hydroxyl groups is 1. The van der Waals surface area contributed by atoms with E-state index in [-0.39, 0.29) is 6.61 Å². The van der Waals surface area contributed by atoms with E-state index < -0.39 is 0 Å². The van der Waals surface area contributed by atoms with Gasteiger partial charge in [-0.3, -0.25) is 0 Å². The topological polar surface area (TPSA) is 38.1 Å². The molecule has 0 saturated carbocycles. The van der Waals surface area contributed by atoms with Crippen molar-refractivity contribution in [3.63, 3.8) is 0 Å². The molecule has 2 aromatic rings. The zero-order valence-corrected chi connectivity index (χ0v) is 11.7. The van der Waals surface area contributed by atoms with Gasteiger partial charge in [0.25, 0.3) is 0 Å². The normalized spacial score (nSPS) is 11.0. The Balaban J connectivity index is 2.50. The van der Waals surface area contributed by atoms with Crippen molar-refractivity contribution in [2.75, 3.05) is 6.61 Å². The molecule has 71 valence electrons. The van der Waals surface area contributed by atoms with Gasteiger partial charge >= 0.3 is 98.6 Å². The summed E-state index contributed by atoms with van der Waals surface area (Å²) in [7, 11) is 0. The van der Waals surface area contributed by atoms with Crippen LogP contribution in [0.4, 0.5) is 0 Å². The molecule has 2 rings (SSSR count). The summed E-state index contributed by atoms with van der Waals surface area (Å²) in [6.07, 6.45) is 2.62. The molecule has 14 heavy (non-hydrogen) atoms. The Labute approximate surface area is 98.4 Å². The van der Waals surface area contributed by atoms with Crippen molar-refractivity contribution < 1.29 is 5.11 Å². The Morgan fingerprint density at radius 3 is 3.00 bits per heavy atom. The number of benzene rings is 1. The molecular weight excluding hydrogens is 371 g/mol. The van der Waals surface area contributed by atoms with E-state index in [4.69, 9.17) is 5.11 Å². The van der Waals surface area contributed by atoms with Crippen LogP contribution >= 0.6 is 0 Å². The first-order chi connectivity index (χ1) is 6.85. The fourth-order valence-electron chi connectivity index (χ4n) is 1.53. The Bertz CT molecular complexity index is 439. The molecule has 3 nitrogen and oxygen atoms in total. The van der Waals surface area contributed by atoms with Crippen LogP contribution in [0.25, 0.3) is 10.9 Å². The van der Waals surface area contributed by atoms with Crippen LogP contribution in [0.15, 0.2) is 24.4 Å². The third-order valence-electron chi connectivity index (χ3n) is 2.26. The number of fused-ring (bicyclic) bond motifs is 1. The third kappa shape index (κ3) is 1.83. The van der Waals surface area contributed by atoms with E-state index in [9.17, 15) is 0 Å². The van der Waals surface area contributed by atoms with Gasteiger partial charge in [-0.25, -0.2) is 0 Å². The maximum absolute atomic E-state index is 8.85. The van der Waals surface area contributed by atoms with Crippen molar-refractivity contribution in [2.24, 2.45) is 0 Å². The van der Waals surface area contributed by atoms with Crippen LogP contribution in [-0.4, -0.2) is 47.3 Å². The van der Waals surface area contributed by atoms with E-state index in [0.717, 1.165) is 36.3 Å². The SMILES string of the molecule is OCCc1ccc2cnn([CH2][Pb])c2c1. The molecular formula is C10H11N2OPb. The van der Waals surface area contributed by atoms with Gasteiger partial charge in [-0.2, -0.15) is 0 Å². The molecule has 3 radical (unpaired) electrons. The van der Waals surface area contributed by atoms with Gasteiger partial charge in [0.15, 0.2) is 0 Å². The first-order valence-electron chi connectivity index (χ1n) is 4.55. The predicted molar refractivity (Wildman–Crippen MR) is 56.3 cm³/mol. The molecule has 0 amide bonds. The molecule has 0 unspecified atom stereocenters. The molecule has 0 spiro atoms. The molecule has 1 heterocycles. The maximum atomic E-state index is 8.85. The van der Waals surface area contributed by atoms with Gasteiger partial charge in [-0.1, -0.05) is 0 Å². The van der Waals surface area contributed by atoms with Crippen LogP contribution in [-0.2, 0) is 10.5 Å². The van der Waals surface area contributed by atoms with Gasteiger partial charge in [-0.05, 0) is 0 Å². The summed E-state index contributed by atoms with van der Waals surface area (Å²) in [5.74, 6) is 0. The second kappa shape index (κ2) is 4.39. The van der Waals surface area contributed by atoms with Crippen LogP contribution in [0.5, 0.6) is 0 Å². The van der Waals surface area contributed by atoms with Crippen molar-refractivity contribution in [1.82, 2.24) is 9.78 Å². The van der Waals surface area contributed by atoms with Crippen LogP contribution in [0.1, 0.15) is 5.56 Å². The quantitative estimate of drug-likeness (QED) is 0.794. The number of hydrogen-bond donors (Lipinski definition) is 1. The first-order valence-corrected chi connectivity index (χ1v) is 7.30. The second-order valence-corrected chi connectivity index (χ2v) is 4.40. The van der Waals surface area contributed by atoms with Crippen molar-refractivity contribution in [2.45, 2.75) is 10.5 Å². The zero-order chi connectivity index (χ0) is 9.97. The Kier molecular flexibility index (Phi) is 3.17. The van der Waals surface area contributed by atoms with Crippen LogP contribution < -0.4 is 0 Å². The molecule has 0 fully saturated rings. The molecule has 0 atom stereocenters. The van der Waals surface area contributed by atoms with Crippen molar-refractivity contribution >= 4 is 36.7 Å². The molecule has 0 aliphatic heterocycles. The van der Waals surface area contributed by atoms with Crippen LogP contribution in [0.3, 0.4) is 0 Å². The average molecular weight is 382 g/mol. The van der Waals surface area contributed by atoms with E-state index >= 15 is 0 Å². The number of hydrogen-bond acceptors (Lipinski definition) is 2. The molecule has 0 bridgehead atoms. The second-order valence-electron chi connectivity index (χ2n) is 3.17. The van der Waals surface area contributed by atoms with Crippen molar-refractivity contribution in [3.8, 4) is 0 Å². The molecule has 0 aliphatic carbocycles. The van der Waals surface area contributed by atoms with E-state index in [0.29, 0.717) is 0 Å². The summed E-state index contributed by atoms with van der Waals surface area (Å²) >= 11 is 1.11. The van der Waals surface area contributed by atoms with E-state index in [1.807, 2.05) is 10.9 Å². The molecule has 0 saturated heterocycles. The van der Waals surface area contributed by atoms with Crippen LogP contribution in [0, 0.1) is 0 Å². The van der Waals surface area contributed by atoms with E-state index in [1.165, 1.54) is 16.5 Å². The minimum absolute atomic E-state index is 0.209. The molecule has 4 heteroatoms. The summed E-state index contributed by atoms with van der Waals surface area (Å²) in [4.78, 5) is 0. The van der Waals surface area contributed by atoms with E-state index in [1.54, 1.807) is 0 Å². The van der Waals surface area contributed by atoms with Gasteiger partial charge in [0.05, 0.1) is 0 Å². The van der Waals surface area contributed by atoms with E-state index in [2.05, 4.69) is 23.3 Å². The summed E-state index contributed by atoms with van der Waals surface area (Å²) in [6, 6.07) is 6.25. The molecule has 0 aliphatic rings. The summed E-state index contributed by atoms with van der Waals surface area (Å²) in [6.45, 7) is 0.209. The van der Waals surface area contributed by atoms with Gasteiger partial charge < -0.3 is 0 Å². The van der Waals surface area contributed by atoms with Gasteiger partial charge in [-0.15, -0.1) is 0 Å². The van der Waals surface area contributed by atoms with Gasteiger partial charge in [0, 0.05) is 0 Å². The summed E-state index contributed by atoms with van der Waals surface area (Å²) < 4.78 is 3.05. The number of aliphatic hydroxyl groups excluding tert-OH is 1. The number of rotatable bonds is 3. The summed E-state index contributed by atoms with van der Waals surface area (Å²) in [5, 5.41) is 14.3. The first kappa shape index (κ1) is 10.1. The zero-order valence-electron chi connectivity index (χ0n) is 7.77. The molecule has 1 aromatic carbocycles. The predicted octanol–water partition coefficient (Wildman–Crippen LogP) is 0.697. The standard InChI is InChI=1S/C10H11N2O.Pb/c1-12-10-6-8(4-5-13)2-3-9(10)7-11-12;/h2-3,6-7,13H,1,4-5H2;. The fourth-order valence-corrected chi connectivity index (χ4v) is 2.51. The van der Waals surface area contributed by atoms with Gasteiger partial charge in [0.2, 0.25) is 0 Å². The van der Waals surface area contributed by atoms with Gasteiger partial charge in [0.1, 0.15) is 0 Å².